The normalized spacial score (nSPS) is 22.5. The van der Waals surface area contributed by atoms with Gasteiger partial charge in [-0.05, 0) is 49.3 Å². The number of hydrogen-bond acceptors (Lipinski definition) is 2. The molecule has 0 radical (unpaired) electrons. The molecule has 2 aliphatic rings. The van der Waals surface area contributed by atoms with Crippen molar-refractivity contribution in [2.45, 2.75) is 32.1 Å². The highest BCUT2D eigenvalue weighted by atomic mass is 32.2. The van der Waals surface area contributed by atoms with E-state index < -0.39 is 10.0 Å². The summed E-state index contributed by atoms with van der Waals surface area (Å²) in [6, 6.07) is 6.10. The maximum Gasteiger partial charge on any atom is 0.235 e. The molecule has 0 unspecified atom stereocenters. The summed E-state index contributed by atoms with van der Waals surface area (Å²) in [7, 11) is -3.04. The third-order valence-electron chi connectivity index (χ3n) is 3.74. The zero-order valence-electron chi connectivity index (χ0n) is 9.85. The second kappa shape index (κ2) is 4.02. The number of nitrogens with zero attached hydrogens (tertiary/aromatic N) is 1. The summed E-state index contributed by atoms with van der Waals surface area (Å²) in [6.07, 6.45) is 5.28. The Labute approximate surface area is 102 Å². The Balaban J connectivity index is 2.09. The number of rotatable bonds is 1. The maximum atomic E-state index is 12.0. The molecule has 92 valence electrons. The summed E-state index contributed by atoms with van der Waals surface area (Å²) in [5.41, 5.74) is 3.56. The molecular weight excluding hydrogens is 234 g/mol. The van der Waals surface area contributed by atoms with Crippen LogP contribution >= 0.6 is 0 Å². The molecular formula is C13H17NO2S. The van der Waals surface area contributed by atoms with Gasteiger partial charge in [0.2, 0.25) is 10.0 Å². The highest BCUT2D eigenvalue weighted by molar-refractivity contribution is 7.93. The first kappa shape index (κ1) is 11.1. The molecule has 0 spiro atoms. The van der Waals surface area contributed by atoms with E-state index in [4.69, 9.17) is 0 Å². The van der Waals surface area contributed by atoms with Crippen molar-refractivity contribution in [2.75, 3.05) is 16.6 Å². The van der Waals surface area contributed by atoms with Gasteiger partial charge >= 0.3 is 0 Å². The zero-order valence-corrected chi connectivity index (χ0v) is 10.7. The van der Waals surface area contributed by atoms with Gasteiger partial charge in [-0.15, -0.1) is 0 Å². The van der Waals surface area contributed by atoms with Crippen molar-refractivity contribution in [1.29, 1.82) is 0 Å². The number of aryl methyl sites for hydroxylation is 1. The third kappa shape index (κ3) is 1.84. The van der Waals surface area contributed by atoms with E-state index in [1.165, 1.54) is 24.0 Å². The van der Waals surface area contributed by atoms with Crippen molar-refractivity contribution >= 4 is 15.7 Å². The molecule has 0 saturated carbocycles. The van der Waals surface area contributed by atoms with E-state index >= 15 is 0 Å². The van der Waals surface area contributed by atoms with Crippen LogP contribution in [0.3, 0.4) is 0 Å². The predicted octanol–water partition coefficient (Wildman–Crippen LogP) is 2.11. The van der Waals surface area contributed by atoms with E-state index in [0.29, 0.717) is 12.3 Å². The molecule has 1 fully saturated rings. The molecule has 1 heterocycles. The molecule has 1 aromatic carbocycles. The lowest BCUT2D eigenvalue weighted by Crippen LogP contribution is -2.27. The highest BCUT2D eigenvalue weighted by Crippen LogP contribution is 2.33. The van der Waals surface area contributed by atoms with E-state index in [9.17, 15) is 8.42 Å². The molecule has 0 amide bonds. The SMILES string of the molecule is O=S1(=O)CCCN1c1cccc2c1CCCC2. The van der Waals surface area contributed by atoms with Gasteiger partial charge < -0.3 is 0 Å². The van der Waals surface area contributed by atoms with Crippen molar-refractivity contribution in [3.8, 4) is 0 Å². The molecule has 1 saturated heterocycles. The van der Waals surface area contributed by atoms with Crippen molar-refractivity contribution in [3.05, 3.63) is 29.3 Å². The summed E-state index contributed by atoms with van der Waals surface area (Å²) in [5.74, 6) is 0.302. The van der Waals surface area contributed by atoms with E-state index in [1.54, 1.807) is 4.31 Å². The summed E-state index contributed by atoms with van der Waals surface area (Å²) in [4.78, 5) is 0. The largest absolute Gasteiger partial charge is 0.270 e. The van der Waals surface area contributed by atoms with Crippen molar-refractivity contribution < 1.29 is 8.42 Å². The van der Waals surface area contributed by atoms with Crippen molar-refractivity contribution in [2.24, 2.45) is 0 Å². The van der Waals surface area contributed by atoms with E-state index in [1.807, 2.05) is 12.1 Å². The fraction of sp³-hybridized carbons (Fsp3) is 0.538. The van der Waals surface area contributed by atoms with Crippen LogP contribution < -0.4 is 4.31 Å². The first-order valence-corrected chi connectivity index (χ1v) is 7.90. The fourth-order valence-corrected chi connectivity index (χ4v) is 4.50. The van der Waals surface area contributed by atoms with E-state index in [-0.39, 0.29) is 0 Å². The molecule has 3 nitrogen and oxygen atoms in total. The Morgan fingerprint density at radius 2 is 1.88 bits per heavy atom. The van der Waals surface area contributed by atoms with Crippen LogP contribution in [0.1, 0.15) is 30.4 Å². The second-order valence-corrected chi connectivity index (χ2v) is 6.88. The average molecular weight is 251 g/mol. The number of anilines is 1. The molecule has 4 heteroatoms. The molecule has 0 atom stereocenters. The quantitative estimate of drug-likeness (QED) is 0.766. The lowest BCUT2D eigenvalue weighted by Gasteiger charge is -2.25. The number of hydrogen-bond donors (Lipinski definition) is 0. The molecule has 17 heavy (non-hydrogen) atoms. The van der Waals surface area contributed by atoms with Gasteiger partial charge in [0, 0.05) is 6.54 Å². The monoisotopic (exact) mass is 251 g/mol. The van der Waals surface area contributed by atoms with Gasteiger partial charge in [-0.3, -0.25) is 4.31 Å². The Morgan fingerprint density at radius 1 is 1.06 bits per heavy atom. The smallest absolute Gasteiger partial charge is 0.235 e. The topological polar surface area (TPSA) is 37.4 Å². The Hall–Kier alpha value is -1.03. The Kier molecular flexibility index (Phi) is 2.62. The van der Waals surface area contributed by atoms with Crippen LogP contribution in [0, 0.1) is 0 Å². The minimum Gasteiger partial charge on any atom is -0.270 e. The van der Waals surface area contributed by atoms with Gasteiger partial charge in [0.25, 0.3) is 0 Å². The van der Waals surface area contributed by atoms with Gasteiger partial charge in [0.15, 0.2) is 0 Å². The summed E-state index contributed by atoms with van der Waals surface area (Å²) < 4.78 is 25.6. The number of benzene rings is 1. The molecule has 1 aliphatic heterocycles. The van der Waals surface area contributed by atoms with Crippen LogP contribution in [0.5, 0.6) is 0 Å². The van der Waals surface area contributed by atoms with Gasteiger partial charge in [0.1, 0.15) is 0 Å². The Bertz CT molecular complexity index is 536. The summed E-state index contributed by atoms with van der Waals surface area (Å²) >= 11 is 0. The van der Waals surface area contributed by atoms with Crippen molar-refractivity contribution in [1.82, 2.24) is 0 Å². The second-order valence-electron chi connectivity index (χ2n) is 4.86. The van der Waals surface area contributed by atoms with Crippen LogP contribution in [0.25, 0.3) is 0 Å². The van der Waals surface area contributed by atoms with Crippen molar-refractivity contribution in [3.63, 3.8) is 0 Å². The minimum absolute atomic E-state index is 0.302. The average Bonchev–Trinajstić information content (AvgIpc) is 2.68. The lowest BCUT2D eigenvalue weighted by molar-refractivity contribution is 0.599. The first-order valence-electron chi connectivity index (χ1n) is 6.30. The standard InChI is InChI=1S/C13H17NO2S/c15-17(16)10-4-9-14(17)13-8-3-6-11-5-1-2-7-12(11)13/h3,6,8H,1-2,4-5,7,9-10H2. The van der Waals surface area contributed by atoms with Gasteiger partial charge in [-0.25, -0.2) is 8.42 Å². The number of fused-ring (bicyclic) bond motifs is 1. The van der Waals surface area contributed by atoms with Crippen LogP contribution in [-0.4, -0.2) is 20.7 Å². The van der Waals surface area contributed by atoms with E-state index in [0.717, 1.165) is 24.9 Å². The first-order chi connectivity index (χ1) is 8.18. The molecule has 0 bridgehead atoms. The van der Waals surface area contributed by atoms with Gasteiger partial charge in [0.05, 0.1) is 11.4 Å². The van der Waals surface area contributed by atoms with Crippen LogP contribution in [0.2, 0.25) is 0 Å². The molecule has 1 aliphatic carbocycles. The maximum absolute atomic E-state index is 12.0. The zero-order chi connectivity index (χ0) is 11.9. The number of sulfonamides is 1. The fourth-order valence-electron chi connectivity index (χ4n) is 2.90. The molecule has 0 aromatic heterocycles. The van der Waals surface area contributed by atoms with Gasteiger partial charge in [-0.1, -0.05) is 12.1 Å². The van der Waals surface area contributed by atoms with Crippen LogP contribution in [0.4, 0.5) is 5.69 Å². The molecule has 0 N–H and O–H groups in total. The van der Waals surface area contributed by atoms with Crippen LogP contribution in [0.15, 0.2) is 18.2 Å². The highest BCUT2D eigenvalue weighted by Gasteiger charge is 2.30. The third-order valence-corrected chi connectivity index (χ3v) is 5.59. The summed E-state index contributed by atoms with van der Waals surface area (Å²) in [6.45, 7) is 0.652. The Morgan fingerprint density at radius 3 is 2.65 bits per heavy atom. The summed E-state index contributed by atoms with van der Waals surface area (Å²) in [5, 5.41) is 0. The molecule has 3 rings (SSSR count). The van der Waals surface area contributed by atoms with Crippen LogP contribution in [-0.2, 0) is 22.9 Å². The molecule has 1 aromatic rings. The predicted molar refractivity (Wildman–Crippen MR) is 68.8 cm³/mol. The van der Waals surface area contributed by atoms with E-state index in [2.05, 4.69) is 6.07 Å². The van der Waals surface area contributed by atoms with Gasteiger partial charge in [-0.2, -0.15) is 0 Å². The lowest BCUT2D eigenvalue weighted by atomic mass is 9.90. The minimum atomic E-state index is -3.04.